The zero-order valence-electron chi connectivity index (χ0n) is 21.3. The second-order valence-corrected chi connectivity index (χ2v) is 9.72. The normalized spacial score (nSPS) is 20.3. The van der Waals surface area contributed by atoms with E-state index in [1.54, 1.807) is 0 Å². The number of anilines is 4. The molecule has 2 fully saturated rings. The van der Waals surface area contributed by atoms with Gasteiger partial charge in [0.05, 0.1) is 49.6 Å². The molecular formula is C29H32N6O2. The first kappa shape index (κ1) is 23.6. The van der Waals surface area contributed by atoms with Crippen molar-refractivity contribution < 1.29 is 9.47 Å². The number of nitrogens with one attached hydrogen (secondary N) is 1. The number of hydrogen-bond donors (Lipinski definition) is 1. The maximum absolute atomic E-state index is 5.71. The van der Waals surface area contributed by atoms with E-state index in [9.17, 15) is 0 Å². The van der Waals surface area contributed by atoms with Crippen molar-refractivity contribution in [3.63, 3.8) is 0 Å². The van der Waals surface area contributed by atoms with Gasteiger partial charge in [-0.25, -0.2) is 4.98 Å². The standard InChI is InChI=1S/C29H32N6O2/c1-20-18-36-15-13-34(20)28-25-11-12-26(22-7-6-10-24(17-22)30-23-8-4-3-5-9-23)31-27(25)32-29(33-28)35-14-16-37-19-21(35)2/h3-12,17,20-21,30H,13-16,18-19H2,1-2H3. The van der Waals surface area contributed by atoms with Crippen LogP contribution in [-0.2, 0) is 9.47 Å². The van der Waals surface area contributed by atoms with Crippen molar-refractivity contribution in [1.82, 2.24) is 15.0 Å². The maximum atomic E-state index is 5.71. The predicted octanol–water partition coefficient (Wildman–Crippen LogP) is 4.89. The molecule has 8 heteroatoms. The van der Waals surface area contributed by atoms with Gasteiger partial charge in [0.2, 0.25) is 5.95 Å². The summed E-state index contributed by atoms with van der Waals surface area (Å²) in [6, 6.07) is 23.1. The van der Waals surface area contributed by atoms with Crippen LogP contribution in [0.25, 0.3) is 22.3 Å². The molecular weight excluding hydrogens is 464 g/mol. The van der Waals surface area contributed by atoms with Crippen LogP contribution in [0.15, 0.2) is 66.7 Å². The quantitative estimate of drug-likeness (QED) is 0.419. The number of nitrogens with zero attached hydrogens (tertiary/aromatic N) is 5. The molecule has 0 radical (unpaired) electrons. The SMILES string of the molecule is CC1COCCN1c1nc(N2CCOCC2C)c2ccc(-c3cccc(Nc4ccccc4)c3)nc2n1. The molecule has 2 aromatic heterocycles. The van der Waals surface area contributed by atoms with E-state index < -0.39 is 0 Å². The number of ether oxygens (including phenoxy) is 2. The Labute approximate surface area is 217 Å². The predicted molar refractivity (Wildman–Crippen MR) is 148 cm³/mol. The average Bonchev–Trinajstić information content (AvgIpc) is 2.93. The highest BCUT2D eigenvalue weighted by Gasteiger charge is 2.27. The molecule has 8 nitrogen and oxygen atoms in total. The van der Waals surface area contributed by atoms with Crippen LogP contribution >= 0.6 is 0 Å². The summed E-state index contributed by atoms with van der Waals surface area (Å²) in [5.74, 6) is 1.63. The molecule has 2 saturated heterocycles. The van der Waals surface area contributed by atoms with E-state index in [2.05, 4.69) is 71.4 Å². The fourth-order valence-electron chi connectivity index (χ4n) is 5.00. The Morgan fingerprint density at radius 1 is 0.757 bits per heavy atom. The molecule has 0 aliphatic carbocycles. The fourth-order valence-corrected chi connectivity index (χ4v) is 5.00. The number of benzene rings is 2. The van der Waals surface area contributed by atoms with Gasteiger partial charge in [-0.2, -0.15) is 9.97 Å². The fraction of sp³-hybridized carbons (Fsp3) is 0.345. The average molecular weight is 497 g/mol. The van der Waals surface area contributed by atoms with Gasteiger partial charge in [-0.05, 0) is 50.2 Å². The van der Waals surface area contributed by atoms with Crippen LogP contribution < -0.4 is 15.1 Å². The smallest absolute Gasteiger partial charge is 0.229 e. The number of hydrogen-bond acceptors (Lipinski definition) is 8. The lowest BCUT2D eigenvalue weighted by molar-refractivity contribution is 0.0973. The van der Waals surface area contributed by atoms with Crippen LogP contribution in [-0.4, -0.2) is 66.6 Å². The Morgan fingerprint density at radius 2 is 1.49 bits per heavy atom. The number of pyridine rings is 1. The molecule has 2 aliphatic heterocycles. The monoisotopic (exact) mass is 496 g/mol. The maximum Gasteiger partial charge on any atom is 0.229 e. The molecule has 0 saturated carbocycles. The van der Waals surface area contributed by atoms with Gasteiger partial charge >= 0.3 is 0 Å². The van der Waals surface area contributed by atoms with Crippen molar-refractivity contribution in [3.05, 3.63) is 66.7 Å². The highest BCUT2D eigenvalue weighted by Crippen LogP contribution is 2.32. The summed E-state index contributed by atoms with van der Waals surface area (Å²) in [4.78, 5) is 19.7. The number of aromatic nitrogens is 3. The third kappa shape index (κ3) is 4.95. The Kier molecular flexibility index (Phi) is 6.59. The first-order valence-electron chi connectivity index (χ1n) is 13.0. The van der Waals surface area contributed by atoms with E-state index in [0.29, 0.717) is 38.0 Å². The third-order valence-corrected chi connectivity index (χ3v) is 7.01. The van der Waals surface area contributed by atoms with E-state index in [1.807, 2.05) is 24.3 Å². The lowest BCUT2D eigenvalue weighted by atomic mass is 10.1. The summed E-state index contributed by atoms with van der Waals surface area (Å²) in [5, 5.41) is 4.43. The summed E-state index contributed by atoms with van der Waals surface area (Å²) < 4.78 is 11.4. The van der Waals surface area contributed by atoms with Crippen molar-refractivity contribution in [3.8, 4) is 11.3 Å². The van der Waals surface area contributed by atoms with Gasteiger partial charge in [-0.15, -0.1) is 0 Å². The van der Waals surface area contributed by atoms with Gasteiger partial charge in [0, 0.05) is 30.0 Å². The van der Waals surface area contributed by atoms with Gasteiger partial charge < -0.3 is 24.6 Å². The topological polar surface area (TPSA) is 75.6 Å². The second kappa shape index (κ2) is 10.3. The van der Waals surface area contributed by atoms with Crippen LogP contribution in [0.1, 0.15) is 13.8 Å². The number of fused-ring (bicyclic) bond motifs is 1. The van der Waals surface area contributed by atoms with Crippen molar-refractivity contribution in [2.45, 2.75) is 25.9 Å². The van der Waals surface area contributed by atoms with Gasteiger partial charge in [0.25, 0.3) is 0 Å². The van der Waals surface area contributed by atoms with E-state index in [0.717, 1.165) is 46.9 Å². The molecule has 2 aliphatic rings. The second-order valence-electron chi connectivity index (χ2n) is 9.72. The lowest BCUT2D eigenvalue weighted by Gasteiger charge is -2.37. The molecule has 0 amide bonds. The third-order valence-electron chi connectivity index (χ3n) is 7.01. The molecule has 1 N–H and O–H groups in total. The van der Waals surface area contributed by atoms with Crippen LogP contribution in [0.5, 0.6) is 0 Å². The minimum Gasteiger partial charge on any atom is -0.377 e. The van der Waals surface area contributed by atoms with Crippen LogP contribution in [0.3, 0.4) is 0 Å². The van der Waals surface area contributed by atoms with Gasteiger partial charge in [-0.1, -0.05) is 30.3 Å². The molecule has 0 spiro atoms. The van der Waals surface area contributed by atoms with Gasteiger partial charge in [-0.3, -0.25) is 0 Å². The summed E-state index contributed by atoms with van der Waals surface area (Å²) in [6.45, 7) is 8.59. The Balaban J connectivity index is 1.41. The minimum atomic E-state index is 0.199. The van der Waals surface area contributed by atoms with E-state index in [-0.39, 0.29) is 12.1 Å². The zero-order valence-corrected chi connectivity index (χ0v) is 21.3. The number of rotatable bonds is 5. The zero-order chi connectivity index (χ0) is 25.2. The number of morpholine rings is 2. The first-order chi connectivity index (χ1) is 18.2. The van der Waals surface area contributed by atoms with E-state index in [1.165, 1.54) is 0 Å². The van der Waals surface area contributed by atoms with E-state index >= 15 is 0 Å². The molecule has 2 unspecified atom stereocenters. The lowest BCUT2D eigenvalue weighted by Crippen LogP contribution is -2.46. The molecule has 2 aromatic carbocycles. The molecule has 190 valence electrons. The molecule has 37 heavy (non-hydrogen) atoms. The van der Waals surface area contributed by atoms with Crippen molar-refractivity contribution >= 4 is 34.2 Å². The Morgan fingerprint density at radius 3 is 2.24 bits per heavy atom. The highest BCUT2D eigenvalue weighted by molar-refractivity contribution is 5.90. The highest BCUT2D eigenvalue weighted by atomic mass is 16.5. The minimum absolute atomic E-state index is 0.199. The summed E-state index contributed by atoms with van der Waals surface area (Å²) in [7, 11) is 0. The first-order valence-corrected chi connectivity index (χ1v) is 13.0. The van der Waals surface area contributed by atoms with Gasteiger partial charge in [0.15, 0.2) is 5.65 Å². The molecule has 2 atom stereocenters. The Bertz CT molecular complexity index is 1380. The summed E-state index contributed by atoms with van der Waals surface area (Å²) in [6.07, 6.45) is 0. The molecule has 4 heterocycles. The van der Waals surface area contributed by atoms with Crippen molar-refractivity contribution in [2.75, 3.05) is 54.6 Å². The van der Waals surface area contributed by atoms with Crippen LogP contribution in [0.4, 0.5) is 23.1 Å². The van der Waals surface area contributed by atoms with Crippen LogP contribution in [0.2, 0.25) is 0 Å². The Hall–Kier alpha value is -3.75. The molecule has 6 rings (SSSR count). The van der Waals surface area contributed by atoms with Crippen LogP contribution in [0, 0.1) is 0 Å². The van der Waals surface area contributed by atoms with Crippen molar-refractivity contribution in [1.29, 1.82) is 0 Å². The summed E-state index contributed by atoms with van der Waals surface area (Å²) in [5.41, 5.74) is 4.68. The molecule has 0 bridgehead atoms. The summed E-state index contributed by atoms with van der Waals surface area (Å²) >= 11 is 0. The molecule has 4 aromatic rings. The largest absolute Gasteiger partial charge is 0.377 e. The van der Waals surface area contributed by atoms with E-state index in [4.69, 9.17) is 24.4 Å². The van der Waals surface area contributed by atoms with Crippen molar-refractivity contribution in [2.24, 2.45) is 0 Å². The number of para-hydroxylation sites is 1. The van der Waals surface area contributed by atoms with Gasteiger partial charge in [0.1, 0.15) is 5.82 Å².